The fourth-order valence-corrected chi connectivity index (χ4v) is 9.51. The number of rotatable bonds is 57. The lowest BCUT2D eigenvalue weighted by Gasteiger charge is -2.18. The maximum absolute atomic E-state index is 12.9. The highest BCUT2D eigenvalue weighted by Crippen LogP contribution is 2.18. The van der Waals surface area contributed by atoms with Gasteiger partial charge in [-0.2, -0.15) is 0 Å². The van der Waals surface area contributed by atoms with Crippen LogP contribution >= 0.6 is 0 Å². The van der Waals surface area contributed by atoms with Crippen molar-refractivity contribution in [3.8, 4) is 0 Å². The fourth-order valence-electron chi connectivity index (χ4n) is 9.51. The molecule has 0 aliphatic rings. The Morgan fingerprint density at radius 2 is 0.403 bits per heavy atom. The Kier molecular flexibility index (Phi) is 55.6. The Bertz CT molecular complexity index is 998. The smallest absolute Gasteiger partial charge is 0.306 e. The van der Waals surface area contributed by atoms with Gasteiger partial charge in [-0.25, -0.2) is 0 Å². The third-order valence-corrected chi connectivity index (χ3v) is 14.1. The Hall–Kier alpha value is -1.59. The molecule has 0 saturated carbocycles. The molecule has 0 N–H and O–H groups in total. The van der Waals surface area contributed by atoms with Gasteiger partial charge in [-0.05, 0) is 19.3 Å². The van der Waals surface area contributed by atoms with Crippen LogP contribution in [0.2, 0.25) is 0 Å². The average Bonchev–Trinajstić information content (AvgIpc) is 3.33. The summed E-state index contributed by atoms with van der Waals surface area (Å²) in [6.07, 6.45) is 63.9. The van der Waals surface area contributed by atoms with Crippen LogP contribution < -0.4 is 0 Å². The van der Waals surface area contributed by atoms with Crippen LogP contribution in [0.5, 0.6) is 0 Å². The van der Waals surface area contributed by atoms with Gasteiger partial charge in [0, 0.05) is 19.3 Å². The molecule has 0 saturated heterocycles. The molecule has 6 nitrogen and oxygen atoms in total. The topological polar surface area (TPSA) is 78.9 Å². The zero-order valence-electron chi connectivity index (χ0n) is 45.7. The number of esters is 3. The van der Waals surface area contributed by atoms with Gasteiger partial charge in [-0.1, -0.05) is 316 Å². The highest BCUT2D eigenvalue weighted by Gasteiger charge is 2.19. The summed E-state index contributed by atoms with van der Waals surface area (Å²) < 4.78 is 16.9. The van der Waals surface area contributed by atoms with Crippen LogP contribution in [0.3, 0.4) is 0 Å². The summed E-state index contributed by atoms with van der Waals surface area (Å²) in [5, 5.41) is 0. The second kappa shape index (κ2) is 57.0. The van der Waals surface area contributed by atoms with Gasteiger partial charge in [-0.3, -0.25) is 14.4 Å². The molecule has 0 aromatic heterocycles. The van der Waals surface area contributed by atoms with Crippen LogP contribution in [0, 0.1) is 0 Å². The third kappa shape index (κ3) is 55.2. The molecule has 0 unspecified atom stereocenters. The van der Waals surface area contributed by atoms with Crippen molar-refractivity contribution in [1.29, 1.82) is 0 Å². The maximum atomic E-state index is 12.9. The molecule has 0 amide bonds. The summed E-state index contributed by atoms with van der Waals surface area (Å²) in [7, 11) is 0. The second-order valence-corrected chi connectivity index (χ2v) is 21.0. The summed E-state index contributed by atoms with van der Waals surface area (Å²) in [6, 6.07) is 0. The lowest BCUT2D eigenvalue weighted by molar-refractivity contribution is -0.167. The van der Waals surface area contributed by atoms with Gasteiger partial charge in [0.25, 0.3) is 0 Å². The number of ether oxygens (including phenoxy) is 3. The lowest BCUT2D eigenvalue weighted by Crippen LogP contribution is -2.30. The molecule has 1 atom stereocenters. The number of carbonyl (C=O) groups excluding carboxylic acids is 3. The van der Waals surface area contributed by atoms with Crippen LogP contribution in [0.4, 0.5) is 0 Å². The molecule has 0 aliphatic heterocycles. The van der Waals surface area contributed by atoms with Gasteiger partial charge in [0.15, 0.2) is 6.10 Å². The van der Waals surface area contributed by atoms with Crippen molar-refractivity contribution in [2.45, 2.75) is 361 Å². The zero-order chi connectivity index (χ0) is 48.6. The normalized spacial score (nSPS) is 11.9. The van der Waals surface area contributed by atoms with E-state index in [0.717, 1.165) is 57.8 Å². The first-order valence-electron chi connectivity index (χ1n) is 30.5. The molecular weight excluding hydrogens is 829 g/mol. The molecule has 0 bridgehead atoms. The van der Waals surface area contributed by atoms with E-state index in [-0.39, 0.29) is 31.1 Å². The molecule has 0 rings (SSSR count). The summed E-state index contributed by atoms with van der Waals surface area (Å²) in [5.41, 5.74) is 0. The van der Waals surface area contributed by atoms with Crippen molar-refractivity contribution < 1.29 is 28.6 Å². The Labute approximate surface area is 418 Å². The first-order chi connectivity index (χ1) is 33.0. The number of hydrogen-bond acceptors (Lipinski definition) is 6. The molecule has 0 aromatic rings. The van der Waals surface area contributed by atoms with Gasteiger partial charge in [0.05, 0.1) is 0 Å². The molecular formula is C61H118O6. The van der Waals surface area contributed by atoms with Gasteiger partial charge in [-0.15, -0.1) is 0 Å². The summed E-state index contributed by atoms with van der Waals surface area (Å²) >= 11 is 0. The van der Waals surface area contributed by atoms with Crippen LogP contribution in [0.1, 0.15) is 355 Å². The molecule has 0 heterocycles. The van der Waals surface area contributed by atoms with Gasteiger partial charge in [0.2, 0.25) is 0 Å². The standard InChI is InChI=1S/C61H118O6/c1-4-7-10-13-16-19-22-24-26-28-29-30-31-33-35-37-40-43-46-49-52-55-61(64)67-58(56-65-59(62)53-50-47-44-41-38-21-18-15-12-9-6-3)57-66-60(63)54-51-48-45-42-39-36-34-32-27-25-23-20-17-14-11-8-5-2/h58H,4-57H2,1-3H3/t58-/m0/s1. The van der Waals surface area contributed by atoms with E-state index in [1.54, 1.807) is 0 Å². The van der Waals surface area contributed by atoms with E-state index in [9.17, 15) is 14.4 Å². The Balaban J connectivity index is 4.22. The summed E-state index contributed by atoms with van der Waals surface area (Å²) in [4.78, 5) is 38.2. The van der Waals surface area contributed by atoms with E-state index in [1.165, 1.54) is 257 Å². The van der Waals surface area contributed by atoms with E-state index in [0.29, 0.717) is 19.3 Å². The summed E-state index contributed by atoms with van der Waals surface area (Å²) in [6.45, 7) is 6.71. The molecule has 0 aromatic carbocycles. The quantitative estimate of drug-likeness (QED) is 0.0343. The van der Waals surface area contributed by atoms with Crippen molar-refractivity contribution in [1.82, 2.24) is 0 Å². The van der Waals surface area contributed by atoms with Crippen LogP contribution in [-0.4, -0.2) is 37.2 Å². The predicted octanol–water partition coefficient (Wildman–Crippen LogP) is 20.3. The highest BCUT2D eigenvalue weighted by atomic mass is 16.6. The monoisotopic (exact) mass is 947 g/mol. The molecule has 0 spiro atoms. The molecule has 6 heteroatoms. The number of unbranched alkanes of at least 4 members (excludes halogenated alkanes) is 46. The predicted molar refractivity (Wildman–Crippen MR) is 289 cm³/mol. The van der Waals surface area contributed by atoms with Crippen molar-refractivity contribution in [3.05, 3.63) is 0 Å². The minimum absolute atomic E-state index is 0.0609. The second-order valence-electron chi connectivity index (χ2n) is 21.0. The minimum Gasteiger partial charge on any atom is -0.462 e. The molecule has 0 radical (unpaired) electrons. The first-order valence-corrected chi connectivity index (χ1v) is 30.5. The van der Waals surface area contributed by atoms with Crippen molar-refractivity contribution in [2.75, 3.05) is 13.2 Å². The largest absolute Gasteiger partial charge is 0.462 e. The van der Waals surface area contributed by atoms with E-state index in [1.807, 2.05) is 0 Å². The minimum atomic E-state index is -0.761. The fraction of sp³-hybridized carbons (Fsp3) is 0.951. The third-order valence-electron chi connectivity index (χ3n) is 14.1. The number of hydrogen-bond donors (Lipinski definition) is 0. The zero-order valence-corrected chi connectivity index (χ0v) is 45.7. The lowest BCUT2D eigenvalue weighted by atomic mass is 10.0. The SMILES string of the molecule is CCCCCCCCCCCCCCCCCCCCCCCC(=O)O[C@@H](COC(=O)CCCCCCCCCCCCC)COC(=O)CCCCCCCCCCCCCCCCCCC. The van der Waals surface area contributed by atoms with Gasteiger partial charge < -0.3 is 14.2 Å². The molecule has 398 valence electrons. The van der Waals surface area contributed by atoms with Crippen molar-refractivity contribution in [3.63, 3.8) is 0 Å². The van der Waals surface area contributed by atoms with E-state index in [4.69, 9.17) is 14.2 Å². The molecule has 67 heavy (non-hydrogen) atoms. The molecule has 0 fully saturated rings. The summed E-state index contributed by atoms with van der Waals surface area (Å²) in [5.74, 6) is -0.830. The van der Waals surface area contributed by atoms with E-state index >= 15 is 0 Å². The van der Waals surface area contributed by atoms with Crippen LogP contribution in [-0.2, 0) is 28.6 Å². The van der Waals surface area contributed by atoms with Gasteiger partial charge >= 0.3 is 17.9 Å². The van der Waals surface area contributed by atoms with Gasteiger partial charge in [0.1, 0.15) is 13.2 Å². The maximum Gasteiger partial charge on any atom is 0.306 e. The Morgan fingerprint density at radius 3 is 0.597 bits per heavy atom. The highest BCUT2D eigenvalue weighted by molar-refractivity contribution is 5.71. The first kappa shape index (κ1) is 65.4. The van der Waals surface area contributed by atoms with Crippen LogP contribution in [0.25, 0.3) is 0 Å². The van der Waals surface area contributed by atoms with E-state index < -0.39 is 6.10 Å². The van der Waals surface area contributed by atoms with Crippen LogP contribution in [0.15, 0.2) is 0 Å². The van der Waals surface area contributed by atoms with Crippen molar-refractivity contribution in [2.24, 2.45) is 0 Å². The molecule has 0 aliphatic carbocycles. The average molecular weight is 948 g/mol. The number of carbonyl (C=O) groups is 3. The van der Waals surface area contributed by atoms with Crippen molar-refractivity contribution >= 4 is 17.9 Å². The Morgan fingerprint density at radius 1 is 0.239 bits per heavy atom. The van der Waals surface area contributed by atoms with E-state index in [2.05, 4.69) is 20.8 Å².